The molecule has 86 valence electrons. The van der Waals surface area contributed by atoms with E-state index < -0.39 is 5.97 Å². The van der Waals surface area contributed by atoms with Gasteiger partial charge >= 0.3 is 11.9 Å². The van der Waals surface area contributed by atoms with Crippen LogP contribution in [-0.4, -0.2) is 29.9 Å². The summed E-state index contributed by atoms with van der Waals surface area (Å²) in [7, 11) is 1.33. The van der Waals surface area contributed by atoms with Crippen molar-refractivity contribution >= 4 is 23.7 Å². The molecule has 0 aliphatic rings. The Balaban J connectivity index is 2.60. The van der Waals surface area contributed by atoms with Gasteiger partial charge in [0.1, 0.15) is 0 Å². The molecule has 5 heteroatoms. The van der Waals surface area contributed by atoms with E-state index in [2.05, 4.69) is 4.74 Å². The molecule has 0 radical (unpaired) electrons. The van der Waals surface area contributed by atoms with Gasteiger partial charge in [0.15, 0.2) is 0 Å². The molecule has 0 fully saturated rings. The number of aromatic carboxylic acids is 1. The van der Waals surface area contributed by atoms with Gasteiger partial charge in [-0.3, -0.25) is 4.79 Å². The highest BCUT2D eigenvalue weighted by atomic mass is 32.2. The van der Waals surface area contributed by atoms with Gasteiger partial charge in [-0.2, -0.15) is 0 Å². The van der Waals surface area contributed by atoms with Crippen molar-refractivity contribution in [1.29, 1.82) is 0 Å². The standard InChI is InChI=1S/C11H12O4S/c1-15-10(12)6-7-16-9-5-3-2-4-8(9)11(13)14/h2-5H,6-7H2,1H3,(H,13,14). The van der Waals surface area contributed by atoms with Crippen LogP contribution in [0.2, 0.25) is 0 Å². The Morgan fingerprint density at radius 2 is 2.06 bits per heavy atom. The lowest BCUT2D eigenvalue weighted by atomic mass is 10.2. The van der Waals surface area contributed by atoms with E-state index in [1.54, 1.807) is 24.3 Å². The van der Waals surface area contributed by atoms with Crippen molar-refractivity contribution in [3.05, 3.63) is 29.8 Å². The predicted octanol–water partition coefficient (Wildman–Crippen LogP) is 2.04. The Kier molecular flexibility index (Phi) is 4.85. The van der Waals surface area contributed by atoms with Crippen molar-refractivity contribution in [1.82, 2.24) is 0 Å². The zero-order valence-corrected chi connectivity index (χ0v) is 9.62. The molecule has 1 aromatic carbocycles. The van der Waals surface area contributed by atoms with Gasteiger partial charge < -0.3 is 9.84 Å². The molecule has 0 saturated heterocycles. The van der Waals surface area contributed by atoms with Crippen LogP contribution in [0.25, 0.3) is 0 Å². The van der Waals surface area contributed by atoms with Crippen LogP contribution in [0, 0.1) is 0 Å². The normalized spacial score (nSPS) is 9.81. The highest BCUT2D eigenvalue weighted by Gasteiger charge is 2.09. The van der Waals surface area contributed by atoms with Crippen LogP contribution in [0.1, 0.15) is 16.8 Å². The van der Waals surface area contributed by atoms with Crippen LogP contribution in [0.3, 0.4) is 0 Å². The first-order valence-electron chi connectivity index (χ1n) is 4.67. The van der Waals surface area contributed by atoms with Gasteiger partial charge in [-0.1, -0.05) is 12.1 Å². The molecule has 0 heterocycles. The number of benzene rings is 1. The Morgan fingerprint density at radius 1 is 1.38 bits per heavy atom. The van der Waals surface area contributed by atoms with Crippen LogP contribution in [0.4, 0.5) is 0 Å². The third-order valence-corrected chi connectivity index (χ3v) is 2.98. The molecule has 0 aliphatic carbocycles. The fourth-order valence-corrected chi connectivity index (χ4v) is 2.09. The van der Waals surface area contributed by atoms with E-state index in [-0.39, 0.29) is 18.0 Å². The number of carbonyl (C=O) groups excluding carboxylic acids is 1. The van der Waals surface area contributed by atoms with E-state index in [0.29, 0.717) is 10.6 Å². The van der Waals surface area contributed by atoms with Gasteiger partial charge in [0, 0.05) is 10.6 Å². The van der Waals surface area contributed by atoms with Crippen LogP contribution < -0.4 is 0 Å². The Hall–Kier alpha value is -1.49. The third-order valence-electron chi connectivity index (χ3n) is 1.91. The highest BCUT2D eigenvalue weighted by molar-refractivity contribution is 7.99. The molecule has 4 nitrogen and oxygen atoms in total. The number of hydrogen-bond donors (Lipinski definition) is 1. The Labute approximate surface area is 97.6 Å². The predicted molar refractivity (Wildman–Crippen MR) is 60.8 cm³/mol. The number of carboxylic acids is 1. The third kappa shape index (κ3) is 3.58. The zero-order valence-electron chi connectivity index (χ0n) is 8.80. The second-order valence-electron chi connectivity index (χ2n) is 2.98. The summed E-state index contributed by atoms with van der Waals surface area (Å²) in [4.78, 5) is 22.4. The van der Waals surface area contributed by atoms with Crippen molar-refractivity contribution in [2.45, 2.75) is 11.3 Å². The molecule has 1 N–H and O–H groups in total. The molecule has 0 bridgehead atoms. The minimum absolute atomic E-state index is 0.261. The van der Waals surface area contributed by atoms with E-state index in [1.807, 2.05) is 0 Å². The second-order valence-corrected chi connectivity index (χ2v) is 4.11. The van der Waals surface area contributed by atoms with Gasteiger partial charge in [0.2, 0.25) is 0 Å². The zero-order chi connectivity index (χ0) is 12.0. The minimum Gasteiger partial charge on any atom is -0.478 e. The molecule has 0 amide bonds. The summed E-state index contributed by atoms with van der Waals surface area (Å²) in [5.74, 6) is -0.738. The summed E-state index contributed by atoms with van der Waals surface area (Å²) in [5, 5.41) is 8.92. The van der Waals surface area contributed by atoms with Crippen LogP contribution in [-0.2, 0) is 9.53 Å². The maximum Gasteiger partial charge on any atom is 0.336 e. The summed E-state index contributed by atoms with van der Waals surface area (Å²) < 4.78 is 4.50. The molecule has 0 aliphatic heterocycles. The van der Waals surface area contributed by atoms with E-state index in [0.717, 1.165) is 0 Å². The maximum absolute atomic E-state index is 10.9. The quantitative estimate of drug-likeness (QED) is 0.630. The number of carbonyl (C=O) groups is 2. The minimum atomic E-state index is -0.957. The average molecular weight is 240 g/mol. The lowest BCUT2D eigenvalue weighted by molar-refractivity contribution is -0.140. The monoisotopic (exact) mass is 240 g/mol. The summed E-state index contributed by atoms with van der Waals surface area (Å²) in [6, 6.07) is 6.72. The number of rotatable bonds is 5. The largest absolute Gasteiger partial charge is 0.478 e. The summed E-state index contributed by atoms with van der Waals surface area (Å²) >= 11 is 1.34. The number of thioether (sulfide) groups is 1. The van der Waals surface area contributed by atoms with E-state index >= 15 is 0 Å². The first-order chi connectivity index (χ1) is 7.65. The first kappa shape index (κ1) is 12.6. The molecule has 0 unspecified atom stereocenters. The Morgan fingerprint density at radius 3 is 2.69 bits per heavy atom. The highest BCUT2D eigenvalue weighted by Crippen LogP contribution is 2.23. The molecule has 0 spiro atoms. The number of hydrogen-bond acceptors (Lipinski definition) is 4. The topological polar surface area (TPSA) is 63.6 Å². The number of ether oxygens (including phenoxy) is 1. The molecular weight excluding hydrogens is 228 g/mol. The average Bonchev–Trinajstić information content (AvgIpc) is 2.29. The summed E-state index contributed by atoms with van der Waals surface area (Å²) in [6.45, 7) is 0. The Bertz CT molecular complexity index is 389. The van der Waals surface area contributed by atoms with Crippen LogP contribution >= 0.6 is 11.8 Å². The van der Waals surface area contributed by atoms with Crippen molar-refractivity contribution < 1.29 is 19.4 Å². The van der Waals surface area contributed by atoms with Crippen molar-refractivity contribution in [2.75, 3.05) is 12.9 Å². The van der Waals surface area contributed by atoms with E-state index in [4.69, 9.17) is 5.11 Å². The first-order valence-corrected chi connectivity index (χ1v) is 5.65. The van der Waals surface area contributed by atoms with Crippen molar-refractivity contribution in [3.8, 4) is 0 Å². The fraction of sp³-hybridized carbons (Fsp3) is 0.273. The van der Waals surface area contributed by atoms with Crippen LogP contribution in [0.5, 0.6) is 0 Å². The SMILES string of the molecule is COC(=O)CCSc1ccccc1C(=O)O. The van der Waals surface area contributed by atoms with Gasteiger partial charge in [0.25, 0.3) is 0 Å². The smallest absolute Gasteiger partial charge is 0.336 e. The molecule has 16 heavy (non-hydrogen) atoms. The van der Waals surface area contributed by atoms with Gasteiger partial charge in [-0.05, 0) is 12.1 Å². The summed E-state index contributed by atoms with van der Waals surface area (Å²) in [5.41, 5.74) is 0.261. The number of carboxylic acid groups (broad SMARTS) is 1. The van der Waals surface area contributed by atoms with Crippen LogP contribution in [0.15, 0.2) is 29.2 Å². The number of methoxy groups -OCH3 is 1. The molecule has 1 aromatic rings. The molecule has 1 rings (SSSR count). The second kappa shape index (κ2) is 6.17. The molecule has 0 atom stereocenters. The molecular formula is C11H12O4S. The van der Waals surface area contributed by atoms with Gasteiger partial charge in [0.05, 0.1) is 19.1 Å². The van der Waals surface area contributed by atoms with Gasteiger partial charge in [-0.25, -0.2) is 4.79 Å². The van der Waals surface area contributed by atoms with Crippen molar-refractivity contribution in [2.24, 2.45) is 0 Å². The van der Waals surface area contributed by atoms with E-state index in [1.165, 1.54) is 18.9 Å². The number of esters is 1. The van der Waals surface area contributed by atoms with Gasteiger partial charge in [-0.15, -0.1) is 11.8 Å². The lowest BCUT2D eigenvalue weighted by Crippen LogP contribution is -2.02. The maximum atomic E-state index is 10.9. The molecule has 0 saturated carbocycles. The fourth-order valence-electron chi connectivity index (χ4n) is 1.12. The summed E-state index contributed by atoms with van der Waals surface area (Å²) in [6.07, 6.45) is 0.273. The molecule has 0 aromatic heterocycles. The van der Waals surface area contributed by atoms with E-state index in [9.17, 15) is 9.59 Å². The lowest BCUT2D eigenvalue weighted by Gasteiger charge is -2.04. The van der Waals surface area contributed by atoms with Crippen molar-refractivity contribution in [3.63, 3.8) is 0 Å².